The molecule has 194 valence electrons. The molecule has 1 aliphatic heterocycles. The van der Waals surface area contributed by atoms with Gasteiger partial charge in [-0.25, -0.2) is 9.59 Å². The highest BCUT2D eigenvalue weighted by Gasteiger charge is 2.23. The van der Waals surface area contributed by atoms with Crippen molar-refractivity contribution in [1.29, 1.82) is 0 Å². The standard InChI is InChI=1S/C23H34N4O8/c1-23(2,3)35-22(30)25-8-5-4-7-24-20-18(27(31)32)15-17(21(28)29)16-19(20)34-12-6-9-26-10-13-33-14-11-26/h4-5,15-16,24H,6-14H2,1-3H3,(H,25,30)(H,28,29). The number of hydrogen-bond acceptors (Lipinski definition) is 9. The van der Waals surface area contributed by atoms with Crippen LogP contribution in [0.3, 0.4) is 0 Å². The summed E-state index contributed by atoms with van der Waals surface area (Å²) >= 11 is 0. The summed E-state index contributed by atoms with van der Waals surface area (Å²) in [5.41, 5.74) is -1.14. The molecule has 1 aliphatic rings. The molecule has 35 heavy (non-hydrogen) atoms. The number of rotatable bonds is 12. The van der Waals surface area contributed by atoms with Gasteiger partial charge in [-0.2, -0.15) is 0 Å². The summed E-state index contributed by atoms with van der Waals surface area (Å²) < 4.78 is 16.2. The molecule has 0 aliphatic carbocycles. The third kappa shape index (κ3) is 10.2. The topological polar surface area (TPSA) is 152 Å². The molecular weight excluding hydrogens is 460 g/mol. The molecule has 1 heterocycles. The molecule has 0 spiro atoms. The van der Waals surface area contributed by atoms with Crippen molar-refractivity contribution < 1.29 is 33.8 Å². The predicted molar refractivity (Wildman–Crippen MR) is 129 cm³/mol. The maximum absolute atomic E-state index is 11.7. The minimum Gasteiger partial charge on any atom is -0.491 e. The maximum atomic E-state index is 11.7. The van der Waals surface area contributed by atoms with Crippen molar-refractivity contribution in [2.75, 3.05) is 57.9 Å². The molecule has 1 aromatic carbocycles. The first-order valence-corrected chi connectivity index (χ1v) is 11.4. The summed E-state index contributed by atoms with van der Waals surface area (Å²) in [7, 11) is 0. The number of benzene rings is 1. The van der Waals surface area contributed by atoms with Crippen LogP contribution in [0.4, 0.5) is 16.2 Å². The normalized spacial score (nSPS) is 14.5. The van der Waals surface area contributed by atoms with Gasteiger partial charge in [0.15, 0.2) is 5.69 Å². The number of carbonyl (C=O) groups is 2. The predicted octanol–water partition coefficient (Wildman–Crippen LogP) is 2.89. The Balaban J connectivity index is 2.00. The first-order chi connectivity index (χ1) is 16.6. The van der Waals surface area contributed by atoms with Crippen molar-refractivity contribution in [2.24, 2.45) is 0 Å². The van der Waals surface area contributed by atoms with E-state index in [1.165, 1.54) is 6.07 Å². The molecule has 1 amide bonds. The minimum atomic E-state index is -1.29. The SMILES string of the molecule is CC(C)(C)OC(=O)NCC=CCNc1c(OCCCN2CCOCC2)cc(C(=O)O)cc1[N+](=O)[O-]. The van der Waals surface area contributed by atoms with Gasteiger partial charge >= 0.3 is 12.1 Å². The van der Waals surface area contributed by atoms with Crippen molar-refractivity contribution in [3.63, 3.8) is 0 Å². The molecule has 0 bridgehead atoms. The number of anilines is 1. The number of carboxylic acid groups (broad SMARTS) is 1. The molecule has 1 aromatic rings. The van der Waals surface area contributed by atoms with Crippen LogP contribution < -0.4 is 15.4 Å². The number of morpholine rings is 1. The number of ether oxygens (including phenoxy) is 3. The van der Waals surface area contributed by atoms with Crippen LogP contribution in [0.25, 0.3) is 0 Å². The highest BCUT2D eigenvalue weighted by Crippen LogP contribution is 2.36. The number of carbonyl (C=O) groups excluding carboxylic acids is 1. The molecule has 2 rings (SSSR count). The Morgan fingerprint density at radius 2 is 1.91 bits per heavy atom. The van der Waals surface area contributed by atoms with Gasteiger partial charge in [-0.15, -0.1) is 0 Å². The molecule has 3 N–H and O–H groups in total. The number of alkyl carbamates (subject to hydrolysis) is 1. The second-order valence-corrected chi connectivity index (χ2v) is 8.82. The molecule has 12 nitrogen and oxygen atoms in total. The van der Waals surface area contributed by atoms with Crippen molar-refractivity contribution in [2.45, 2.75) is 32.8 Å². The summed E-state index contributed by atoms with van der Waals surface area (Å²) in [6, 6.07) is 2.28. The fourth-order valence-electron chi connectivity index (χ4n) is 3.24. The quantitative estimate of drug-likeness (QED) is 0.171. The van der Waals surface area contributed by atoms with Crippen LogP contribution >= 0.6 is 0 Å². The van der Waals surface area contributed by atoms with E-state index in [2.05, 4.69) is 15.5 Å². The monoisotopic (exact) mass is 494 g/mol. The highest BCUT2D eigenvalue weighted by atomic mass is 16.6. The second-order valence-electron chi connectivity index (χ2n) is 8.82. The molecule has 0 atom stereocenters. The lowest BCUT2D eigenvalue weighted by Gasteiger charge is -2.26. The first-order valence-electron chi connectivity index (χ1n) is 11.4. The lowest BCUT2D eigenvalue weighted by atomic mass is 10.1. The van der Waals surface area contributed by atoms with E-state index in [0.29, 0.717) is 19.6 Å². The zero-order chi connectivity index (χ0) is 25.8. The number of nitrogens with zero attached hydrogens (tertiary/aromatic N) is 2. The zero-order valence-corrected chi connectivity index (χ0v) is 20.4. The number of amides is 1. The van der Waals surface area contributed by atoms with E-state index >= 15 is 0 Å². The molecule has 0 saturated carbocycles. The van der Waals surface area contributed by atoms with E-state index in [9.17, 15) is 24.8 Å². The third-order valence-electron chi connectivity index (χ3n) is 4.83. The fourth-order valence-corrected chi connectivity index (χ4v) is 3.24. The number of nitro benzene ring substituents is 1. The van der Waals surface area contributed by atoms with E-state index in [1.54, 1.807) is 32.9 Å². The van der Waals surface area contributed by atoms with Crippen LogP contribution in [0.1, 0.15) is 37.6 Å². The van der Waals surface area contributed by atoms with Crippen LogP contribution in [-0.4, -0.2) is 85.1 Å². The van der Waals surface area contributed by atoms with E-state index in [4.69, 9.17) is 14.2 Å². The molecule has 1 fully saturated rings. The zero-order valence-electron chi connectivity index (χ0n) is 20.4. The Labute approximate surface area is 204 Å². The second kappa shape index (κ2) is 13.5. The van der Waals surface area contributed by atoms with Crippen LogP contribution in [0.2, 0.25) is 0 Å². The highest BCUT2D eigenvalue weighted by molar-refractivity contribution is 5.91. The van der Waals surface area contributed by atoms with Crippen LogP contribution in [0, 0.1) is 10.1 Å². The lowest BCUT2D eigenvalue weighted by molar-refractivity contribution is -0.384. The Kier molecular flexibility index (Phi) is 10.7. The fraction of sp³-hybridized carbons (Fsp3) is 0.565. The number of aromatic carboxylic acids is 1. The van der Waals surface area contributed by atoms with Gasteiger partial charge in [-0.3, -0.25) is 15.0 Å². The van der Waals surface area contributed by atoms with Crippen molar-refractivity contribution >= 4 is 23.4 Å². The minimum absolute atomic E-state index is 0.0936. The smallest absolute Gasteiger partial charge is 0.407 e. The van der Waals surface area contributed by atoms with Crippen LogP contribution in [-0.2, 0) is 9.47 Å². The third-order valence-corrected chi connectivity index (χ3v) is 4.83. The van der Waals surface area contributed by atoms with Gasteiger partial charge < -0.3 is 30.0 Å². The van der Waals surface area contributed by atoms with Gasteiger partial charge in [0, 0.05) is 38.8 Å². The summed E-state index contributed by atoms with van der Waals surface area (Å²) in [6.07, 6.45) is 3.45. The number of hydrogen-bond donors (Lipinski definition) is 3. The first kappa shape index (κ1) is 27.9. The largest absolute Gasteiger partial charge is 0.491 e. The van der Waals surface area contributed by atoms with Gasteiger partial charge in [0.25, 0.3) is 5.69 Å². The van der Waals surface area contributed by atoms with Gasteiger partial charge in [0.2, 0.25) is 0 Å². The summed E-state index contributed by atoms with van der Waals surface area (Å²) in [4.78, 5) is 36.3. The van der Waals surface area contributed by atoms with E-state index < -0.39 is 28.3 Å². The Bertz CT molecular complexity index is 908. The Hall–Kier alpha value is -3.38. The lowest BCUT2D eigenvalue weighted by Crippen LogP contribution is -2.37. The van der Waals surface area contributed by atoms with Crippen LogP contribution in [0.15, 0.2) is 24.3 Å². The molecule has 12 heteroatoms. The van der Waals surface area contributed by atoms with Gasteiger partial charge in [-0.1, -0.05) is 12.2 Å². The molecule has 1 saturated heterocycles. The molecule has 0 unspecified atom stereocenters. The van der Waals surface area contributed by atoms with Crippen molar-refractivity contribution in [1.82, 2.24) is 10.2 Å². The van der Waals surface area contributed by atoms with Crippen LogP contribution in [0.5, 0.6) is 5.75 Å². The summed E-state index contributed by atoms with van der Waals surface area (Å²) in [5, 5.41) is 26.5. The number of nitro groups is 1. The Morgan fingerprint density at radius 3 is 2.54 bits per heavy atom. The molecular formula is C23H34N4O8. The number of nitrogens with one attached hydrogen (secondary N) is 2. The average Bonchev–Trinajstić information content (AvgIpc) is 2.78. The molecule has 0 radical (unpaired) electrons. The van der Waals surface area contributed by atoms with Gasteiger partial charge in [0.05, 0.1) is 30.3 Å². The van der Waals surface area contributed by atoms with E-state index in [0.717, 1.165) is 25.7 Å². The van der Waals surface area contributed by atoms with Crippen molar-refractivity contribution in [3.8, 4) is 5.75 Å². The van der Waals surface area contributed by atoms with Crippen molar-refractivity contribution in [3.05, 3.63) is 40.0 Å². The Morgan fingerprint density at radius 1 is 1.23 bits per heavy atom. The van der Waals surface area contributed by atoms with E-state index in [1.807, 2.05) is 0 Å². The van der Waals surface area contributed by atoms with E-state index in [-0.39, 0.29) is 36.7 Å². The average molecular weight is 495 g/mol. The van der Waals surface area contributed by atoms with Gasteiger partial charge in [0.1, 0.15) is 11.4 Å². The maximum Gasteiger partial charge on any atom is 0.407 e. The molecule has 0 aromatic heterocycles. The number of carboxylic acids is 1. The summed E-state index contributed by atoms with van der Waals surface area (Å²) in [6.45, 7) is 9.76. The summed E-state index contributed by atoms with van der Waals surface area (Å²) in [5.74, 6) is -1.19. The van der Waals surface area contributed by atoms with Gasteiger partial charge in [-0.05, 0) is 33.3 Å².